The maximum absolute atomic E-state index is 10.5. The van der Waals surface area contributed by atoms with E-state index >= 15 is 0 Å². The van der Waals surface area contributed by atoms with Crippen molar-refractivity contribution in [1.82, 2.24) is 0 Å². The van der Waals surface area contributed by atoms with Crippen molar-refractivity contribution in [2.75, 3.05) is 37.2 Å². The van der Waals surface area contributed by atoms with Gasteiger partial charge >= 0.3 is 0 Å². The van der Waals surface area contributed by atoms with Crippen molar-refractivity contribution in [2.45, 2.75) is 25.7 Å². The molecule has 0 bridgehead atoms. The zero-order chi connectivity index (χ0) is 16.6. The third-order valence-electron chi connectivity index (χ3n) is 2.29. The van der Waals surface area contributed by atoms with Crippen molar-refractivity contribution in [3.8, 4) is 0 Å². The first-order chi connectivity index (χ1) is 9.41. The van der Waals surface area contributed by atoms with Crippen LogP contribution in [0.1, 0.15) is 25.7 Å². The molecule has 1 aliphatic heterocycles. The van der Waals surface area contributed by atoms with Gasteiger partial charge in [0.2, 0.25) is 0 Å². The lowest BCUT2D eigenvalue weighted by molar-refractivity contribution is 0.273. The highest BCUT2D eigenvalue weighted by atomic mass is 32.2. The van der Waals surface area contributed by atoms with Crippen molar-refractivity contribution < 1.29 is 33.6 Å². The molecule has 0 aromatic heterocycles. The molecular weight excluding hydrogens is 344 g/mol. The fourth-order valence-electron chi connectivity index (χ4n) is 1.37. The lowest BCUT2D eigenvalue weighted by Gasteiger charge is -2.01. The van der Waals surface area contributed by atoms with Crippen molar-refractivity contribution in [1.29, 1.82) is 0 Å². The summed E-state index contributed by atoms with van der Waals surface area (Å²) in [6.07, 6.45) is 4.54. The first-order valence-electron chi connectivity index (χ1n) is 6.30. The Morgan fingerprint density at radius 2 is 1.14 bits per heavy atom. The van der Waals surface area contributed by atoms with E-state index in [9.17, 15) is 25.3 Å². The second-order valence-corrected chi connectivity index (χ2v) is 10.2. The van der Waals surface area contributed by atoms with Gasteiger partial charge in [-0.1, -0.05) is 0 Å². The fourth-order valence-corrected chi connectivity index (χ4v) is 3.70. The van der Waals surface area contributed by atoms with Crippen molar-refractivity contribution in [3.05, 3.63) is 0 Å². The molecule has 0 aliphatic carbocycles. The highest BCUT2D eigenvalue weighted by Gasteiger charge is 2.16. The van der Waals surface area contributed by atoms with Gasteiger partial charge in [-0.25, -0.2) is 8.42 Å². The van der Waals surface area contributed by atoms with Gasteiger partial charge in [0.15, 0.2) is 0 Å². The number of hydrogen-bond acceptors (Lipinski definition) is 8. The minimum Gasteiger partial charge on any atom is -0.270 e. The molecule has 0 aromatic carbocycles. The van der Waals surface area contributed by atoms with Gasteiger partial charge in [0.05, 0.1) is 37.2 Å². The minimum atomic E-state index is -3.40. The summed E-state index contributed by atoms with van der Waals surface area (Å²) in [6.45, 7) is 0.0951. The SMILES string of the molecule is CS(=O)(=O)OCCCCOS(C)(=O)=O.O=S1(=O)CCCC1. The lowest BCUT2D eigenvalue weighted by Crippen LogP contribution is -2.07. The minimum absolute atomic E-state index is 0.0476. The first kappa shape index (κ1) is 20.8. The van der Waals surface area contributed by atoms with E-state index in [1.165, 1.54) is 0 Å². The second kappa shape index (κ2) is 9.03. The third-order valence-corrected chi connectivity index (χ3v) is 5.31. The van der Waals surface area contributed by atoms with Gasteiger partial charge in [-0.3, -0.25) is 8.37 Å². The molecule has 0 unspecified atom stereocenters. The van der Waals surface area contributed by atoms with Gasteiger partial charge in [0.1, 0.15) is 9.84 Å². The maximum atomic E-state index is 10.5. The summed E-state index contributed by atoms with van der Waals surface area (Å²) in [5, 5.41) is 0. The Balaban J connectivity index is 0.000000471. The maximum Gasteiger partial charge on any atom is 0.264 e. The molecule has 1 fully saturated rings. The predicted octanol–water partition coefficient (Wildman–Crippen LogP) is -0.0860. The Bertz CT molecular complexity index is 540. The molecule has 8 nitrogen and oxygen atoms in total. The number of hydrogen-bond donors (Lipinski definition) is 0. The molecular formula is C10H22O8S3. The van der Waals surface area contributed by atoms with Crippen molar-refractivity contribution >= 4 is 30.1 Å². The molecule has 1 aliphatic rings. The van der Waals surface area contributed by atoms with E-state index in [1.54, 1.807) is 0 Å². The molecule has 0 spiro atoms. The van der Waals surface area contributed by atoms with Crippen molar-refractivity contribution in [3.63, 3.8) is 0 Å². The zero-order valence-corrected chi connectivity index (χ0v) is 14.6. The normalized spacial score (nSPS) is 18.0. The number of rotatable bonds is 7. The van der Waals surface area contributed by atoms with E-state index in [2.05, 4.69) is 8.37 Å². The second-order valence-electron chi connectivity index (χ2n) is 4.62. The van der Waals surface area contributed by atoms with Crippen LogP contribution >= 0.6 is 0 Å². The Labute approximate surface area is 127 Å². The van der Waals surface area contributed by atoms with Crippen LogP contribution in [0.25, 0.3) is 0 Å². The zero-order valence-electron chi connectivity index (χ0n) is 12.1. The Kier molecular flexibility index (Phi) is 8.93. The average molecular weight is 366 g/mol. The van der Waals surface area contributed by atoms with Crippen LogP contribution in [-0.2, 0) is 38.4 Å². The molecule has 0 saturated carbocycles. The Morgan fingerprint density at radius 3 is 1.33 bits per heavy atom. The monoisotopic (exact) mass is 366 g/mol. The van der Waals surface area contributed by atoms with Gasteiger partial charge in [0.25, 0.3) is 20.2 Å². The van der Waals surface area contributed by atoms with E-state index in [0.717, 1.165) is 25.4 Å². The number of unbranched alkanes of at least 4 members (excludes halogenated alkanes) is 1. The third kappa shape index (κ3) is 16.0. The van der Waals surface area contributed by atoms with Gasteiger partial charge in [-0.2, -0.15) is 16.8 Å². The molecule has 0 aromatic rings. The van der Waals surface area contributed by atoms with Crippen LogP contribution in [0, 0.1) is 0 Å². The quantitative estimate of drug-likeness (QED) is 0.453. The topological polar surface area (TPSA) is 121 Å². The summed E-state index contributed by atoms with van der Waals surface area (Å²) in [4.78, 5) is 0. The van der Waals surface area contributed by atoms with E-state index in [-0.39, 0.29) is 13.2 Å². The molecule has 128 valence electrons. The van der Waals surface area contributed by atoms with Crippen LogP contribution < -0.4 is 0 Å². The van der Waals surface area contributed by atoms with Gasteiger partial charge in [-0.15, -0.1) is 0 Å². The standard InChI is InChI=1S/C6H14O6S2.C4H8O2S/c1-13(7,8)11-5-3-4-6-12-14(2,9)10;5-7(6)3-1-2-4-7/h3-6H2,1-2H3;1-4H2. The average Bonchev–Trinajstić information content (AvgIpc) is 2.66. The molecule has 1 saturated heterocycles. The molecule has 0 atom stereocenters. The summed E-state index contributed by atoms with van der Waals surface area (Å²) in [7, 11) is -9.34. The van der Waals surface area contributed by atoms with Gasteiger partial charge in [0, 0.05) is 0 Å². The summed E-state index contributed by atoms with van der Waals surface area (Å²) < 4.78 is 71.6. The largest absolute Gasteiger partial charge is 0.270 e. The van der Waals surface area contributed by atoms with Crippen LogP contribution in [0.2, 0.25) is 0 Å². The van der Waals surface area contributed by atoms with Gasteiger partial charge < -0.3 is 0 Å². The summed E-state index contributed by atoms with van der Waals surface area (Å²) in [5.74, 6) is 0.847. The molecule has 21 heavy (non-hydrogen) atoms. The Hall–Kier alpha value is -0.230. The van der Waals surface area contributed by atoms with E-state index < -0.39 is 30.1 Å². The van der Waals surface area contributed by atoms with Gasteiger partial charge in [-0.05, 0) is 25.7 Å². The summed E-state index contributed by atoms with van der Waals surface area (Å²) in [6, 6.07) is 0. The lowest BCUT2D eigenvalue weighted by atomic mass is 10.3. The fraction of sp³-hybridized carbons (Fsp3) is 1.00. The van der Waals surface area contributed by atoms with Crippen LogP contribution in [0.15, 0.2) is 0 Å². The molecule has 11 heteroatoms. The molecule has 0 radical (unpaired) electrons. The smallest absolute Gasteiger partial charge is 0.264 e. The summed E-state index contributed by atoms with van der Waals surface area (Å²) >= 11 is 0. The van der Waals surface area contributed by atoms with Crippen molar-refractivity contribution in [2.24, 2.45) is 0 Å². The van der Waals surface area contributed by atoms with Crippen LogP contribution in [0.4, 0.5) is 0 Å². The first-order valence-corrected chi connectivity index (χ1v) is 11.8. The van der Waals surface area contributed by atoms with Crippen LogP contribution in [0.3, 0.4) is 0 Å². The van der Waals surface area contributed by atoms with E-state index in [0.29, 0.717) is 24.3 Å². The van der Waals surface area contributed by atoms with E-state index in [4.69, 9.17) is 0 Å². The highest BCUT2D eigenvalue weighted by Crippen LogP contribution is 2.08. The Morgan fingerprint density at radius 1 is 0.810 bits per heavy atom. The summed E-state index contributed by atoms with van der Waals surface area (Å²) in [5.41, 5.74) is 0. The molecule has 0 amide bonds. The molecule has 1 rings (SSSR count). The predicted molar refractivity (Wildman–Crippen MR) is 78.7 cm³/mol. The highest BCUT2D eigenvalue weighted by molar-refractivity contribution is 7.91. The molecule has 1 heterocycles. The van der Waals surface area contributed by atoms with Crippen LogP contribution in [-0.4, -0.2) is 62.5 Å². The van der Waals surface area contributed by atoms with E-state index in [1.807, 2.05) is 0 Å². The van der Waals surface area contributed by atoms with Crippen LogP contribution in [0.5, 0.6) is 0 Å². The molecule has 0 N–H and O–H groups in total. The number of sulfone groups is 1.